The minimum atomic E-state index is -0.677. The second-order valence-electron chi connectivity index (χ2n) is 6.67. The molecule has 5 N–H and O–H groups in total. The van der Waals surface area contributed by atoms with Gasteiger partial charge in [-0.15, -0.1) is 10.2 Å². The molecule has 4 rings (SSSR count). The topological polar surface area (TPSA) is 123 Å². The smallest absolute Gasteiger partial charge is 0.273 e. The molecule has 0 radical (unpaired) electrons. The summed E-state index contributed by atoms with van der Waals surface area (Å²) in [6, 6.07) is 8.12. The SMILES string of the molecule is Cn1ccc2c(Nc3nc(NC4CCCNC4)nnc3C(N)=O)cccc21. The van der Waals surface area contributed by atoms with Crippen LogP contribution in [0.4, 0.5) is 17.5 Å². The number of nitrogens with two attached hydrogens (primary N) is 1. The third-order valence-corrected chi connectivity index (χ3v) is 4.73. The molecule has 0 spiro atoms. The first-order valence-corrected chi connectivity index (χ1v) is 8.94. The van der Waals surface area contributed by atoms with Crippen LogP contribution in [0.1, 0.15) is 23.3 Å². The molecule has 3 aromatic rings. The van der Waals surface area contributed by atoms with Gasteiger partial charge >= 0.3 is 0 Å². The van der Waals surface area contributed by atoms with E-state index in [0.717, 1.165) is 42.5 Å². The van der Waals surface area contributed by atoms with E-state index in [1.165, 1.54) is 0 Å². The first-order chi connectivity index (χ1) is 13.1. The highest BCUT2D eigenvalue weighted by atomic mass is 16.1. The molecule has 1 aliphatic rings. The van der Waals surface area contributed by atoms with Gasteiger partial charge in [-0.3, -0.25) is 4.79 Å². The third-order valence-electron chi connectivity index (χ3n) is 4.73. The number of hydrogen-bond donors (Lipinski definition) is 4. The third kappa shape index (κ3) is 3.54. The van der Waals surface area contributed by atoms with Gasteiger partial charge < -0.3 is 26.3 Å². The molecule has 0 bridgehead atoms. The summed E-state index contributed by atoms with van der Waals surface area (Å²) < 4.78 is 2.02. The van der Waals surface area contributed by atoms with Crippen molar-refractivity contribution >= 4 is 34.3 Å². The molecule has 1 unspecified atom stereocenters. The van der Waals surface area contributed by atoms with Crippen LogP contribution in [0, 0.1) is 0 Å². The fourth-order valence-electron chi connectivity index (χ4n) is 3.34. The Bertz CT molecular complexity index is 977. The molecule has 1 amide bonds. The van der Waals surface area contributed by atoms with Crippen LogP contribution >= 0.6 is 0 Å². The molecule has 1 aromatic carbocycles. The van der Waals surface area contributed by atoms with Crippen LogP contribution in [0.2, 0.25) is 0 Å². The monoisotopic (exact) mass is 366 g/mol. The van der Waals surface area contributed by atoms with Crippen LogP contribution in [0.3, 0.4) is 0 Å². The summed E-state index contributed by atoms with van der Waals surface area (Å²) in [5, 5.41) is 18.8. The highest BCUT2D eigenvalue weighted by molar-refractivity contribution is 5.99. The average molecular weight is 366 g/mol. The molecule has 1 fully saturated rings. The zero-order valence-corrected chi connectivity index (χ0v) is 15.1. The summed E-state index contributed by atoms with van der Waals surface area (Å²) in [5.74, 6) is -0.0137. The maximum atomic E-state index is 11.8. The number of aryl methyl sites for hydroxylation is 1. The maximum Gasteiger partial charge on any atom is 0.273 e. The molecule has 140 valence electrons. The van der Waals surface area contributed by atoms with Crippen molar-refractivity contribution in [3.63, 3.8) is 0 Å². The van der Waals surface area contributed by atoms with Gasteiger partial charge in [-0.1, -0.05) is 6.07 Å². The Morgan fingerprint density at radius 1 is 1.33 bits per heavy atom. The first kappa shape index (κ1) is 17.2. The number of aromatic nitrogens is 4. The van der Waals surface area contributed by atoms with Gasteiger partial charge in [-0.05, 0) is 37.6 Å². The number of anilines is 3. The molecule has 0 aliphatic carbocycles. The van der Waals surface area contributed by atoms with Crippen molar-refractivity contribution in [3.05, 3.63) is 36.2 Å². The van der Waals surface area contributed by atoms with Gasteiger partial charge in [0.15, 0.2) is 11.5 Å². The Morgan fingerprint density at radius 3 is 3.00 bits per heavy atom. The van der Waals surface area contributed by atoms with Crippen LogP contribution in [0.25, 0.3) is 10.9 Å². The van der Waals surface area contributed by atoms with Gasteiger partial charge in [0.1, 0.15) is 0 Å². The lowest BCUT2D eigenvalue weighted by molar-refractivity contribution is 0.0995. The number of carbonyl (C=O) groups excluding carboxylic acids is 1. The maximum absolute atomic E-state index is 11.8. The minimum Gasteiger partial charge on any atom is -0.364 e. The standard InChI is InChI=1S/C18H22N8O/c1-26-9-7-12-13(5-2-6-14(12)26)22-17-15(16(19)27)24-25-18(23-17)21-11-4-3-8-20-10-11/h2,5-7,9,11,20H,3-4,8,10H2,1H3,(H2,19,27)(H2,21,22,23,25). The molecule has 9 nitrogen and oxygen atoms in total. The highest BCUT2D eigenvalue weighted by Gasteiger charge is 2.18. The Labute approximate surface area is 156 Å². The number of amides is 1. The van der Waals surface area contributed by atoms with Gasteiger partial charge in [0, 0.05) is 42.4 Å². The predicted molar refractivity (Wildman–Crippen MR) is 104 cm³/mol. The van der Waals surface area contributed by atoms with Gasteiger partial charge in [-0.2, -0.15) is 4.98 Å². The van der Waals surface area contributed by atoms with Crippen LogP contribution in [-0.2, 0) is 7.05 Å². The van der Waals surface area contributed by atoms with E-state index in [4.69, 9.17) is 5.73 Å². The van der Waals surface area contributed by atoms with Crippen molar-refractivity contribution in [1.82, 2.24) is 25.1 Å². The lowest BCUT2D eigenvalue weighted by Gasteiger charge is -2.23. The second kappa shape index (κ2) is 7.20. The number of carbonyl (C=O) groups is 1. The number of hydrogen-bond acceptors (Lipinski definition) is 7. The Morgan fingerprint density at radius 2 is 2.22 bits per heavy atom. The largest absolute Gasteiger partial charge is 0.364 e. The van der Waals surface area contributed by atoms with E-state index in [-0.39, 0.29) is 11.7 Å². The second-order valence-corrected chi connectivity index (χ2v) is 6.67. The Balaban J connectivity index is 1.66. The lowest BCUT2D eigenvalue weighted by atomic mass is 10.1. The molecule has 27 heavy (non-hydrogen) atoms. The number of piperidine rings is 1. The highest BCUT2D eigenvalue weighted by Crippen LogP contribution is 2.27. The molecule has 1 aliphatic heterocycles. The van der Waals surface area contributed by atoms with Gasteiger partial charge in [0.05, 0.1) is 0 Å². The molecule has 3 heterocycles. The van der Waals surface area contributed by atoms with E-state index in [1.54, 1.807) is 0 Å². The Hall–Kier alpha value is -3.20. The zero-order chi connectivity index (χ0) is 18.8. The van der Waals surface area contributed by atoms with E-state index >= 15 is 0 Å². The predicted octanol–water partition coefficient (Wildman–Crippen LogP) is 1.37. The van der Waals surface area contributed by atoms with E-state index in [1.807, 2.05) is 42.1 Å². The lowest BCUT2D eigenvalue weighted by Crippen LogP contribution is -2.39. The number of fused-ring (bicyclic) bond motifs is 1. The van der Waals surface area contributed by atoms with Crippen molar-refractivity contribution in [2.75, 3.05) is 23.7 Å². The molecule has 1 saturated heterocycles. The van der Waals surface area contributed by atoms with Crippen molar-refractivity contribution < 1.29 is 4.79 Å². The van der Waals surface area contributed by atoms with Crippen molar-refractivity contribution in [3.8, 4) is 0 Å². The van der Waals surface area contributed by atoms with Crippen LogP contribution in [0.15, 0.2) is 30.5 Å². The Kier molecular flexibility index (Phi) is 4.59. The van der Waals surface area contributed by atoms with E-state index in [2.05, 4.69) is 31.1 Å². The van der Waals surface area contributed by atoms with Crippen molar-refractivity contribution in [2.24, 2.45) is 12.8 Å². The number of primary amides is 1. The molecular formula is C18H22N8O. The molecular weight excluding hydrogens is 344 g/mol. The van der Waals surface area contributed by atoms with E-state index in [0.29, 0.717) is 11.8 Å². The normalized spacial score (nSPS) is 17.0. The summed E-state index contributed by atoms with van der Waals surface area (Å²) in [7, 11) is 1.98. The quantitative estimate of drug-likeness (QED) is 0.538. The molecule has 9 heteroatoms. The van der Waals surface area contributed by atoms with E-state index in [9.17, 15) is 4.79 Å². The zero-order valence-electron chi connectivity index (χ0n) is 15.1. The van der Waals surface area contributed by atoms with Gasteiger partial charge in [0.25, 0.3) is 5.91 Å². The summed E-state index contributed by atoms with van der Waals surface area (Å²) in [5.41, 5.74) is 7.36. The van der Waals surface area contributed by atoms with Crippen molar-refractivity contribution in [2.45, 2.75) is 18.9 Å². The van der Waals surface area contributed by atoms with Crippen molar-refractivity contribution in [1.29, 1.82) is 0 Å². The number of rotatable bonds is 5. The van der Waals surface area contributed by atoms with Gasteiger partial charge in [0.2, 0.25) is 5.95 Å². The summed E-state index contributed by atoms with van der Waals surface area (Å²) >= 11 is 0. The molecule has 1 atom stereocenters. The number of nitrogens with one attached hydrogen (secondary N) is 3. The van der Waals surface area contributed by atoms with Gasteiger partial charge in [-0.25, -0.2) is 0 Å². The fraction of sp³-hybridized carbons (Fsp3) is 0.333. The average Bonchev–Trinajstić information content (AvgIpc) is 3.05. The fourth-order valence-corrected chi connectivity index (χ4v) is 3.34. The first-order valence-electron chi connectivity index (χ1n) is 8.94. The summed E-state index contributed by atoms with van der Waals surface area (Å²) in [4.78, 5) is 16.3. The van der Waals surface area contributed by atoms with Crippen LogP contribution < -0.4 is 21.7 Å². The number of benzene rings is 1. The van der Waals surface area contributed by atoms with Crippen LogP contribution in [-0.4, -0.2) is 44.8 Å². The minimum absolute atomic E-state index is 0.00949. The molecule has 0 saturated carbocycles. The summed E-state index contributed by atoms with van der Waals surface area (Å²) in [6.45, 7) is 1.86. The van der Waals surface area contributed by atoms with E-state index < -0.39 is 5.91 Å². The summed E-state index contributed by atoms with van der Waals surface area (Å²) in [6.07, 6.45) is 4.09. The van der Waals surface area contributed by atoms with Crippen LogP contribution in [0.5, 0.6) is 0 Å². The number of nitrogens with zero attached hydrogens (tertiary/aromatic N) is 4. The molecule has 2 aromatic heterocycles.